The highest BCUT2D eigenvalue weighted by Gasteiger charge is 2.11. The van der Waals surface area contributed by atoms with Crippen molar-refractivity contribution in [3.8, 4) is 0 Å². The lowest BCUT2D eigenvalue weighted by atomic mass is 10.3. The molecule has 0 aromatic heterocycles. The number of para-hydroxylation sites is 1. The number of amides is 2. The van der Waals surface area contributed by atoms with Crippen LogP contribution in [0.4, 0.5) is 10.5 Å². The normalized spacial score (nSPS) is 11.4. The minimum atomic E-state index is -3.21. The summed E-state index contributed by atoms with van der Waals surface area (Å²) in [6.45, 7) is 0.479. The maximum Gasteiger partial charge on any atom is 0.319 e. The van der Waals surface area contributed by atoms with Crippen molar-refractivity contribution in [3.63, 3.8) is 0 Å². The van der Waals surface area contributed by atoms with Crippen LogP contribution in [0.25, 0.3) is 0 Å². The van der Waals surface area contributed by atoms with Crippen LogP contribution >= 0.6 is 11.8 Å². The minimum absolute atomic E-state index is 0.233. The average molecular weight is 317 g/mol. The van der Waals surface area contributed by atoms with Gasteiger partial charge in [0.25, 0.3) is 0 Å². The average Bonchev–Trinajstić information content (AvgIpc) is 2.38. The van der Waals surface area contributed by atoms with Gasteiger partial charge in [0.2, 0.25) is 10.0 Å². The van der Waals surface area contributed by atoms with Gasteiger partial charge in [-0.1, -0.05) is 12.1 Å². The maximum absolute atomic E-state index is 11.7. The van der Waals surface area contributed by atoms with Crippen LogP contribution in [0.15, 0.2) is 29.2 Å². The summed E-state index contributed by atoms with van der Waals surface area (Å²) in [5, 5.41) is 5.36. The van der Waals surface area contributed by atoms with Gasteiger partial charge < -0.3 is 10.6 Å². The molecule has 8 heteroatoms. The fourth-order valence-electron chi connectivity index (χ4n) is 1.41. The molecule has 0 radical (unpaired) electrons. The summed E-state index contributed by atoms with van der Waals surface area (Å²) in [5.41, 5.74) is 0.731. The van der Waals surface area contributed by atoms with Crippen molar-refractivity contribution in [3.05, 3.63) is 24.3 Å². The lowest BCUT2D eigenvalue weighted by Crippen LogP contribution is -2.37. The molecule has 0 heterocycles. The molecule has 1 rings (SSSR count). The molecule has 0 saturated heterocycles. The fraction of sp³-hybridized carbons (Fsp3) is 0.417. The summed E-state index contributed by atoms with van der Waals surface area (Å²) in [6, 6.07) is 7.11. The minimum Gasteiger partial charge on any atom is -0.337 e. The van der Waals surface area contributed by atoms with Gasteiger partial charge in [-0.25, -0.2) is 17.5 Å². The molecule has 6 nitrogen and oxygen atoms in total. The molecule has 2 N–H and O–H groups in total. The summed E-state index contributed by atoms with van der Waals surface area (Å²) in [7, 11) is -1.74. The molecule has 0 spiro atoms. The van der Waals surface area contributed by atoms with E-state index in [1.807, 2.05) is 30.5 Å². The Balaban J connectivity index is 2.45. The molecular formula is C12H19N3O3S2. The second-order valence-corrected chi connectivity index (χ2v) is 7.10. The van der Waals surface area contributed by atoms with Crippen molar-refractivity contribution in [1.29, 1.82) is 0 Å². The Morgan fingerprint density at radius 1 is 1.35 bits per heavy atom. The number of carbonyl (C=O) groups is 1. The van der Waals surface area contributed by atoms with Crippen molar-refractivity contribution in [2.24, 2.45) is 0 Å². The summed E-state index contributed by atoms with van der Waals surface area (Å²) >= 11 is 1.54. The highest BCUT2D eigenvalue weighted by molar-refractivity contribution is 7.98. The number of likely N-dealkylation sites (N-methyl/N-ethyl adjacent to an activating group) is 1. The van der Waals surface area contributed by atoms with E-state index in [0.29, 0.717) is 0 Å². The lowest BCUT2D eigenvalue weighted by Gasteiger charge is -2.15. The molecule has 1 aromatic rings. The highest BCUT2D eigenvalue weighted by Crippen LogP contribution is 2.24. The third kappa shape index (κ3) is 5.40. The largest absolute Gasteiger partial charge is 0.337 e. The first-order valence-corrected chi connectivity index (χ1v) is 9.01. The number of nitrogens with one attached hydrogen (secondary N) is 2. The van der Waals surface area contributed by atoms with Crippen molar-refractivity contribution in [1.82, 2.24) is 9.62 Å². The number of nitrogens with zero attached hydrogens (tertiary/aromatic N) is 1. The van der Waals surface area contributed by atoms with E-state index in [1.54, 1.807) is 0 Å². The molecule has 0 unspecified atom stereocenters. The third-order valence-corrected chi connectivity index (χ3v) is 4.74. The van der Waals surface area contributed by atoms with Crippen LogP contribution < -0.4 is 10.6 Å². The smallest absolute Gasteiger partial charge is 0.319 e. The number of sulfonamides is 1. The molecule has 0 fully saturated rings. The Morgan fingerprint density at radius 2 is 2.00 bits per heavy atom. The van der Waals surface area contributed by atoms with Gasteiger partial charge in [-0.15, -0.1) is 11.8 Å². The molecule has 0 aliphatic heterocycles. The quantitative estimate of drug-likeness (QED) is 0.778. The first-order valence-electron chi connectivity index (χ1n) is 5.93. The van der Waals surface area contributed by atoms with Crippen molar-refractivity contribution in [2.45, 2.75) is 4.90 Å². The van der Waals surface area contributed by atoms with Gasteiger partial charge in [0.1, 0.15) is 0 Å². The van der Waals surface area contributed by atoms with Gasteiger partial charge in [-0.3, -0.25) is 0 Å². The maximum atomic E-state index is 11.7. The first kappa shape index (κ1) is 16.8. The van der Waals surface area contributed by atoms with E-state index in [-0.39, 0.29) is 19.1 Å². The van der Waals surface area contributed by atoms with Crippen LogP contribution in [0.2, 0.25) is 0 Å². The van der Waals surface area contributed by atoms with Crippen LogP contribution in [-0.4, -0.2) is 51.4 Å². The topological polar surface area (TPSA) is 78.5 Å². The number of urea groups is 1. The molecule has 2 amide bonds. The number of carbonyl (C=O) groups excluding carboxylic acids is 1. The monoisotopic (exact) mass is 317 g/mol. The number of rotatable bonds is 6. The Bertz CT molecular complexity index is 561. The summed E-state index contributed by atoms with van der Waals surface area (Å²) < 4.78 is 23.5. The van der Waals surface area contributed by atoms with Crippen LogP contribution in [0.1, 0.15) is 0 Å². The highest BCUT2D eigenvalue weighted by atomic mass is 32.2. The van der Waals surface area contributed by atoms with Crippen molar-refractivity contribution >= 4 is 33.5 Å². The molecule has 0 aliphatic rings. The van der Waals surface area contributed by atoms with Gasteiger partial charge >= 0.3 is 6.03 Å². The zero-order valence-electron chi connectivity index (χ0n) is 11.7. The molecule has 112 valence electrons. The molecule has 0 saturated carbocycles. The van der Waals surface area contributed by atoms with E-state index in [2.05, 4.69) is 10.6 Å². The van der Waals surface area contributed by atoms with Crippen molar-refractivity contribution in [2.75, 3.05) is 38.0 Å². The van der Waals surface area contributed by atoms with E-state index in [0.717, 1.165) is 16.8 Å². The molecular weight excluding hydrogens is 298 g/mol. The Labute approximate surface area is 124 Å². The first-order chi connectivity index (χ1) is 9.34. The van der Waals surface area contributed by atoms with Gasteiger partial charge in [0, 0.05) is 25.0 Å². The number of hydrogen-bond acceptors (Lipinski definition) is 4. The molecule has 20 heavy (non-hydrogen) atoms. The molecule has 0 aliphatic carbocycles. The van der Waals surface area contributed by atoms with E-state index < -0.39 is 10.0 Å². The second kappa shape index (κ2) is 7.51. The third-order valence-electron chi connectivity index (χ3n) is 2.63. The standard InChI is InChI=1S/C12H19N3O3S2/c1-15(20(3,17)18)9-8-13-12(16)14-10-6-4-5-7-11(10)19-2/h4-7H,8-9H2,1-3H3,(H2,13,14,16). The predicted molar refractivity (Wildman–Crippen MR) is 82.7 cm³/mol. The van der Waals surface area contributed by atoms with Crippen LogP contribution in [0, 0.1) is 0 Å². The van der Waals surface area contributed by atoms with Gasteiger partial charge in [0.05, 0.1) is 11.9 Å². The van der Waals surface area contributed by atoms with E-state index in [1.165, 1.54) is 23.1 Å². The second-order valence-electron chi connectivity index (χ2n) is 4.17. The Kier molecular flexibility index (Phi) is 6.31. The van der Waals surface area contributed by atoms with Crippen molar-refractivity contribution < 1.29 is 13.2 Å². The zero-order valence-corrected chi connectivity index (χ0v) is 13.3. The van der Waals surface area contributed by atoms with Gasteiger partial charge in [-0.05, 0) is 18.4 Å². The molecule has 0 atom stereocenters. The summed E-state index contributed by atoms with van der Waals surface area (Å²) in [6.07, 6.45) is 3.06. The molecule has 1 aromatic carbocycles. The van der Waals surface area contributed by atoms with Crippen LogP contribution in [-0.2, 0) is 10.0 Å². The van der Waals surface area contributed by atoms with Crippen LogP contribution in [0.5, 0.6) is 0 Å². The predicted octanol–water partition coefficient (Wildman–Crippen LogP) is 1.42. The summed E-state index contributed by atoms with van der Waals surface area (Å²) in [4.78, 5) is 12.7. The Hall–Kier alpha value is -1.25. The van der Waals surface area contributed by atoms with E-state index in [4.69, 9.17) is 0 Å². The fourth-order valence-corrected chi connectivity index (χ4v) is 2.38. The van der Waals surface area contributed by atoms with Gasteiger partial charge in [-0.2, -0.15) is 0 Å². The SMILES string of the molecule is CSc1ccccc1NC(=O)NCCN(C)S(C)(=O)=O. The Morgan fingerprint density at radius 3 is 2.60 bits per heavy atom. The zero-order chi connectivity index (χ0) is 15.2. The number of hydrogen-bond donors (Lipinski definition) is 2. The number of benzene rings is 1. The van der Waals surface area contributed by atoms with Crippen LogP contribution in [0.3, 0.4) is 0 Å². The lowest BCUT2D eigenvalue weighted by molar-refractivity contribution is 0.251. The van der Waals surface area contributed by atoms with Gasteiger partial charge in [0.15, 0.2) is 0 Å². The number of anilines is 1. The van der Waals surface area contributed by atoms with E-state index >= 15 is 0 Å². The van der Waals surface area contributed by atoms with E-state index in [9.17, 15) is 13.2 Å². The summed E-state index contributed by atoms with van der Waals surface area (Å²) in [5.74, 6) is 0. The number of thioether (sulfide) groups is 1. The molecule has 0 bridgehead atoms.